The first-order valence-corrected chi connectivity index (χ1v) is 11.3. The molecule has 29 heavy (non-hydrogen) atoms. The summed E-state index contributed by atoms with van der Waals surface area (Å²) in [5, 5.41) is 0. The van der Waals surface area contributed by atoms with Crippen LogP contribution in [0.5, 0.6) is 5.75 Å². The van der Waals surface area contributed by atoms with Crippen LogP contribution in [0.2, 0.25) is 0 Å². The van der Waals surface area contributed by atoms with Crippen molar-refractivity contribution in [1.29, 1.82) is 0 Å². The normalized spacial score (nSPS) is 16.5. The number of carbonyl (C=O) groups is 1. The molecular formula is C22H28N2O4S. The second-order valence-electron chi connectivity index (χ2n) is 8.10. The lowest BCUT2D eigenvalue weighted by molar-refractivity contribution is -0.117. The number of hydrogen-bond acceptors (Lipinski definition) is 4. The van der Waals surface area contributed by atoms with Gasteiger partial charge in [0.2, 0.25) is 5.91 Å². The quantitative estimate of drug-likeness (QED) is 0.777. The molecule has 2 aromatic carbocycles. The van der Waals surface area contributed by atoms with E-state index < -0.39 is 15.6 Å². The second-order valence-corrected chi connectivity index (χ2v) is 9.78. The molecule has 1 unspecified atom stereocenters. The van der Waals surface area contributed by atoms with Crippen LogP contribution in [-0.4, -0.2) is 26.5 Å². The van der Waals surface area contributed by atoms with Crippen LogP contribution in [0.4, 0.5) is 11.4 Å². The van der Waals surface area contributed by atoms with E-state index in [0.29, 0.717) is 23.7 Å². The van der Waals surface area contributed by atoms with Crippen molar-refractivity contribution in [3.63, 3.8) is 0 Å². The Morgan fingerprint density at radius 3 is 2.59 bits per heavy atom. The summed E-state index contributed by atoms with van der Waals surface area (Å²) in [6, 6.07) is 12.0. The number of hydrogen-bond donors (Lipinski definition) is 1. The van der Waals surface area contributed by atoms with Crippen molar-refractivity contribution in [3.8, 4) is 5.75 Å². The Morgan fingerprint density at radius 2 is 1.93 bits per heavy atom. The van der Waals surface area contributed by atoms with Gasteiger partial charge in [0.1, 0.15) is 11.4 Å². The van der Waals surface area contributed by atoms with Gasteiger partial charge in [0.25, 0.3) is 10.0 Å². The van der Waals surface area contributed by atoms with Crippen LogP contribution < -0.4 is 14.4 Å². The van der Waals surface area contributed by atoms with Gasteiger partial charge in [-0.1, -0.05) is 32.0 Å². The highest BCUT2D eigenvalue weighted by Gasteiger charge is 2.34. The summed E-state index contributed by atoms with van der Waals surface area (Å²) in [7, 11) is -3.83. The van der Waals surface area contributed by atoms with E-state index in [2.05, 4.69) is 18.6 Å². The molecule has 1 amide bonds. The lowest BCUT2D eigenvalue weighted by Gasteiger charge is -2.39. The van der Waals surface area contributed by atoms with E-state index in [-0.39, 0.29) is 16.7 Å². The Labute approximate surface area is 172 Å². The van der Waals surface area contributed by atoms with E-state index >= 15 is 0 Å². The standard InChI is InChI=1S/C22H28N2O4S/c1-6-15(2)18-9-7-8-10-19(18)23-29(26,27)17-11-12-21-20(13-17)24(16(3)25)14-22(4,5)28-21/h7-13,15,23H,6,14H2,1-5H3. The molecule has 0 bridgehead atoms. The SMILES string of the molecule is CCC(C)c1ccccc1NS(=O)(=O)c1ccc2c(c1)N(C(C)=O)CC(C)(C)O2. The Kier molecular flexibility index (Phi) is 5.63. The molecule has 1 heterocycles. The summed E-state index contributed by atoms with van der Waals surface area (Å²) in [6.07, 6.45) is 0.901. The third-order valence-corrected chi connectivity index (χ3v) is 6.55. The number of carbonyl (C=O) groups excluding carboxylic acids is 1. The lowest BCUT2D eigenvalue weighted by atomic mass is 9.97. The number of ether oxygens (including phenoxy) is 1. The molecule has 1 aliphatic heterocycles. The molecular weight excluding hydrogens is 388 g/mol. The number of sulfonamides is 1. The summed E-state index contributed by atoms with van der Waals surface area (Å²) >= 11 is 0. The van der Waals surface area contributed by atoms with Crippen molar-refractivity contribution in [3.05, 3.63) is 48.0 Å². The summed E-state index contributed by atoms with van der Waals surface area (Å²) < 4.78 is 34.9. The monoisotopic (exact) mass is 416 g/mol. The van der Waals surface area contributed by atoms with Gasteiger partial charge in [-0.25, -0.2) is 8.42 Å². The molecule has 0 saturated carbocycles. The molecule has 0 aliphatic carbocycles. The lowest BCUT2D eigenvalue weighted by Crippen LogP contribution is -2.48. The van der Waals surface area contributed by atoms with Crippen LogP contribution in [0, 0.1) is 0 Å². The van der Waals surface area contributed by atoms with Crippen LogP contribution in [-0.2, 0) is 14.8 Å². The van der Waals surface area contributed by atoms with Gasteiger partial charge in [0.05, 0.1) is 22.8 Å². The number of fused-ring (bicyclic) bond motifs is 1. The maximum Gasteiger partial charge on any atom is 0.261 e. The molecule has 7 heteroatoms. The fourth-order valence-corrected chi connectivity index (χ4v) is 4.59. The van der Waals surface area contributed by atoms with Gasteiger partial charge in [-0.15, -0.1) is 0 Å². The first-order valence-electron chi connectivity index (χ1n) is 9.77. The molecule has 1 atom stereocenters. The fourth-order valence-electron chi connectivity index (χ4n) is 3.48. The highest BCUT2D eigenvalue weighted by molar-refractivity contribution is 7.92. The van der Waals surface area contributed by atoms with E-state index in [0.717, 1.165) is 12.0 Å². The van der Waals surface area contributed by atoms with Crippen LogP contribution in [0.3, 0.4) is 0 Å². The van der Waals surface area contributed by atoms with Crippen molar-refractivity contribution in [1.82, 2.24) is 0 Å². The third-order valence-electron chi connectivity index (χ3n) is 5.19. The zero-order valence-electron chi connectivity index (χ0n) is 17.5. The van der Waals surface area contributed by atoms with Gasteiger partial charge < -0.3 is 9.64 Å². The van der Waals surface area contributed by atoms with E-state index in [9.17, 15) is 13.2 Å². The number of nitrogens with zero attached hydrogens (tertiary/aromatic N) is 1. The predicted molar refractivity (Wildman–Crippen MR) is 115 cm³/mol. The van der Waals surface area contributed by atoms with Gasteiger partial charge in [0.15, 0.2) is 0 Å². The van der Waals surface area contributed by atoms with Gasteiger partial charge in [0, 0.05) is 6.92 Å². The average Bonchev–Trinajstić information content (AvgIpc) is 2.65. The fraction of sp³-hybridized carbons (Fsp3) is 0.409. The smallest absolute Gasteiger partial charge is 0.261 e. The molecule has 0 saturated heterocycles. The summed E-state index contributed by atoms with van der Waals surface area (Å²) in [4.78, 5) is 13.8. The highest BCUT2D eigenvalue weighted by atomic mass is 32.2. The molecule has 1 aliphatic rings. The van der Waals surface area contributed by atoms with Crippen LogP contribution in [0.15, 0.2) is 47.4 Å². The van der Waals surface area contributed by atoms with Crippen LogP contribution in [0.25, 0.3) is 0 Å². The zero-order valence-corrected chi connectivity index (χ0v) is 18.3. The average molecular weight is 417 g/mol. The molecule has 2 aromatic rings. The van der Waals surface area contributed by atoms with Crippen LogP contribution >= 0.6 is 0 Å². The predicted octanol–water partition coefficient (Wildman–Crippen LogP) is 4.52. The molecule has 3 rings (SSSR count). The minimum Gasteiger partial charge on any atom is -0.484 e. The van der Waals surface area contributed by atoms with E-state index in [1.54, 1.807) is 17.0 Å². The molecule has 0 fully saturated rings. The summed E-state index contributed by atoms with van der Waals surface area (Å²) in [5.41, 5.74) is 1.44. The van der Waals surface area contributed by atoms with Gasteiger partial charge in [-0.2, -0.15) is 0 Å². The molecule has 6 nitrogen and oxygen atoms in total. The molecule has 0 spiro atoms. The maximum absolute atomic E-state index is 13.1. The number of anilines is 2. The first-order chi connectivity index (χ1) is 13.5. The zero-order chi connectivity index (χ0) is 21.4. The van der Waals surface area contributed by atoms with E-state index in [1.807, 2.05) is 32.0 Å². The minimum absolute atomic E-state index is 0.0877. The Morgan fingerprint density at radius 1 is 1.24 bits per heavy atom. The Hall–Kier alpha value is -2.54. The van der Waals surface area contributed by atoms with Crippen molar-refractivity contribution < 1.29 is 17.9 Å². The molecule has 156 valence electrons. The number of nitrogens with one attached hydrogen (secondary N) is 1. The molecule has 0 radical (unpaired) electrons. The Balaban J connectivity index is 2.00. The van der Waals surface area contributed by atoms with Gasteiger partial charge in [-0.05, 0) is 56.0 Å². The highest BCUT2D eigenvalue weighted by Crippen LogP contribution is 2.39. The summed E-state index contributed by atoms with van der Waals surface area (Å²) in [6.45, 7) is 9.73. The number of para-hydroxylation sites is 1. The largest absolute Gasteiger partial charge is 0.484 e. The number of rotatable bonds is 5. The number of benzene rings is 2. The topological polar surface area (TPSA) is 75.7 Å². The van der Waals surface area contributed by atoms with Crippen molar-refractivity contribution >= 4 is 27.3 Å². The summed E-state index contributed by atoms with van der Waals surface area (Å²) in [5.74, 6) is 0.559. The Bertz CT molecular complexity index is 1030. The molecule has 1 N–H and O–H groups in total. The van der Waals surface area contributed by atoms with Gasteiger partial charge in [-0.3, -0.25) is 9.52 Å². The maximum atomic E-state index is 13.1. The van der Waals surface area contributed by atoms with Gasteiger partial charge >= 0.3 is 0 Å². The third kappa shape index (κ3) is 4.40. The van der Waals surface area contributed by atoms with Crippen molar-refractivity contribution in [2.75, 3.05) is 16.2 Å². The first kappa shape index (κ1) is 21.2. The van der Waals surface area contributed by atoms with Crippen molar-refractivity contribution in [2.45, 2.75) is 57.5 Å². The minimum atomic E-state index is -3.83. The van der Waals surface area contributed by atoms with E-state index in [4.69, 9.17) is 4.74 Å². The van der Waals surface area contributed by atoms with E-state index in [1.165, 1.54) is 19.1 Å². The second kappa shape index (κ2) is 7.71. The number of amides is 1. The molecule has 0 aromatic heterocycles. The van der Waals surface area contributed by atoms with Crippen molar-refractivity contribution in [2.24, 2.45) is 0 Å². The van der Waals surface area contributed by atoms with Crippen LogP contribution in [0.1, 0.15) is 52.5 Å².